The number of nitrogens with one attached hydrogen (secondary N) is 1. The molecule has 8 nitrogen and oxygen atoms in total. The van der Waals surface area contributed by atoms with E-state index < -0.39 is 32.8 Å². The van der Waals surface area contributed by atoms with Crippen molar-refractivity contribution in [1.29, 1.82) is 0 Å². The van der Waals surface area contributed by atoms with E-state index in [-0.39, 0.29) is 17.6 Å². The molecule has 1 heterocycles. The zero-order chi connectivity index (χ0) is 21.8. The molecule has 0 radical (unpaired) electrons. The number of rotatable bonds is 7. The monoisotopic (exact) mass is 443 g/mol. The standard InChI is InChI=1S/C19H26ClN3O5S/c1-12(2)9-15(21-17(24)28-19(3,4)5)16-22-23-18(27-16)29(25,26)11-13-7-6-8-14(20)10-13/h6-8,10,12,15H,9,11H2,1-5H3,(H,21,24). The van der Waals surface area contributed by atoms with Crippen LogP contribution < -0.4 is 5.32 Å². The summed E-state index contributed by atoms with van der Waals surface area (Å²) in [5.41, 5.74) is -0.171. The first-order valence-corrected chi connectivity index (χ1v) is 11.2. The van der Waals surface area contributed by atoms with Gasteiger partial charge in [-0.1, -0.05) is 42.7 Å². The second kappa shape index (κ2) is 9.13. The van der Waals surface area contributed by atoms with Crippen LogP contribution in [0.1, 0.15) is 58.5 Å². The number of carbonyl (C=O) groups excluding carboxylic acids is 1. The summed E-state index contributed by atoms with van der Waals surface area (Å²) >= 11 is 5.91. The Bertz CT molecular complexity index is 951. The van der Waals surface area contributed by atoms with Crippen molar-refractivity contribution in [2.45, 2.75) is 63.7 Å². The number of alkyl carbamates (subject to hydrolysis) is 1. The number of ether oxygens (including phenoxy) is 1. The molecule has 1 atom stereocenters. The van der Waals surface area contributed by atoms with Crippen LogP contribution >= 0.6 is 11.6 Å². The summed E-state index contributed by atoms with van der Waals surface area (Å²) in [6, 6.07) is 5.85. The van der Waals surface area contributed by atoms with Crippen LogP contribution in [-0.2, 0) is 20.3 Å². The molecule has 0 aliphatic carbocycles. The summed E-state index contributed by atoms with van der Waals surface area (Å²) in [6.07, 6.45) is -0.181. The molecule has 0 saturated heterocycles. The van der Waals surface area contributed by atoms with Crippen molar-refractivity contribution in [3.05, 3.63) is 40.7 Å². The Hall–Kier alpha value is -2.13. The summed E-state index contributed by atoms with van der Waals surface area (Å²) in [5.74, 6) is -0.147. The van der Waals surface area contributed by atoms with Crippen molar-refractivity contribution >= 4 is 27.5 Å². The topological polar surface area (TPSA) is 111 Å². The fourth-order valence-electron chi connectivity index (χ4n) is 2.54. The van der Waals surface area contributed by atoms with E-state index in [9.17, 15) is 13.2 Å². The number of hydrogen-bond donors (Lipinski definition) is 1. The number of nitrogens with zero attached hydrogens (tertiary/aromatic N) is 2. The van der Waals surface area contributed by atoms with Crippen molar-refractivity contribution < 1.29 is 22.4 Å². The van der Waals surface area contributed by atoms with Crippen LogP contribution in [0, 0.1) is 5.92 Å². The van der Waals surface area contributed by atoms with Gasteiger partial charge < -0.3 is 14.5 Å². The number of halogens is 1. The maximum absolute atomic E-state index is 12.6. The first-order valence-electron chi connectivity index (χ1n) is 9.16. The zero-order valence-corrected chi connectivity index (χ0v) is 18.7. The predicted octanol–water partition coefficient (Wildman–Crippen LogP) is 4.31. The van der Waals surface area contributed by atoms with Crippen LogP contribution in [-0.4, -0.2) is 30.3 Å². The Kier molecular flexibility index (Phi) is 7.29. The van der Waals surface area contributed by atoms with E-state index in [0.717, 1.165) is 0 Å². The minimum atomic E-state index is -3.87. The molecule has 1 aromatic heterocycles. The highest BCUT2D eigenvalue weighted by Crippen LogP contribution is 2.24. The Morgan fingerprint density at radius 1 is 1.28 bits per heavy atom. The van der Waals surface area contributed by atoms with E-state index in [1.807, 2.05) is 13.8 Å². The number of hydrogen-bond acceptors (Lipinski definition) is 7. The minimum Gasteiger partial charge on any atom is -0.444 e. The molecule has 1 unspecified atom stereocenters. The normalized spacial score (nSPS) is 13.3. The fraction of sp³-hybridized carbons (Fsp3) is 0.526. The molecule has 2 aromatic rings. The molecule has 0 saturated carbocycles. The molecule has 10 heteroatoms. The maximum Gasteiger partial charge on any atom is 0.408 e. The molecular formula is C19H26ClN3O5S. The van der Waals surface area contributed by atoms with Gasteiger partial charge in [-0.05, 0) is 50.8 Å². The lowest BCUT2D eigenvalue weighted by atomic mass is 10.0. The number of aromatic nitrogens is 2. The lowest BCUT2D eigenvalue weighted by Crippen LogP contribution is -2.35. The molecule has 1 amide bonds. The van der Waals surface area contributed by atoms with Crippen LogP contribution in [0.2, 0.25) is 5.02 Å². The molecule has 1 aromatic carbocycles. The number of carbonyl (C=O) groups is 1. The van der Waals surface area contributed by atoms with Gasteiger partial charge in [-0.3, -0.25) is 0 Å². The van der Waals surface area contributed by atoms with Crippen LogP contribution in [0.15, 0.2) is 33.9 Å². The third-order valence-corrected chi connectivity index (χ3v) is 5.28. The van der Waals surface area contributed by atoms with Crippen molar-refractivity contribution in [3.63, 3.8) is 0 Å². The zero-order valence-electron chi connectivity index (χ0n) is 17.1. The molecule has 29 heavy (non-hydrogen) atoms. The molecule has 160 valence electrons. The van der Waals surface area contributed by atoms with Crippen molar-refractivity contribution in [2.24, 2.45) is 5.92 Å². The Morgan fingerprint density at radius 3 is 2.55 bits per heavy atom. The maximum atomic E-state index is 12.6. The Balaban J connectivity index is 2.21. The van der Waals surface area contributed by atoms with E-state index in [0.29, 0.717) is 17.0 Å². The van der Waals surface area contributed by atoms with Crippen LogP contribution in [0.4, 0.5) is 4.79 Å². The second-order valence-electron chi connectivity index (χ2n) is 8.12. The average Bonchev–Trinajstić information content (AvgIpc) is 3.02. The van der Waals surface area contributed by atoms with Crippen LogP contribution in [0.3, 0.4) is 0 Å². The highest BCUT2D eigenvalue weighted by Gasteiger charge is 2.29. The summed E-state index contributed by atoms with van der Waals surface area (Å²) in [5, 5.41) is 10.1. The van der Waals surface area contributed by atoms with Gasteiger partial charge in [-0.2, -0.15) is 0 Å². The van der Waals surface area contributed by atoms with Gasteiger partial charge in [0, 0.05) is 5.02 Å². The first-order chi connectivity index (χ1) is 13.4. The highest BCUT2D eigenvalue weighted by molar-refractivity contribution is 7.90. The predicted molar refractivity (Wildman–Crippen MR) is 108 cm³/mol. The number of sulfone groups is 1. The van der Waals surface area contributed by atoms with Crippen LogP contribution in [0.5, 0.6) is 0 Å². The quantitative estimate of drug-likeness (QED) is 0.678. The van der Waals surface area contributed by atoms with Gasteiger partial charge in [0.05, 0.1) is 5.75 Å². The van der Waals surface area contributed by atoms with Crippen molar-refractivity contribution in [1.82, 2.24) is 15.5 Å². The lowest BCUT2D eigenvalue weighted by molar-refractivity contribution is 0.0487. The van der Waals surface area contributed by atoms with Crippen molar-refractivity contribution in [2.75, 3.05) is 0 Å². The van der Waals surface area contributed by atoms with Gasteiger partial charge in [0.25, 0.3) is 0 Å². The molecule has 0 spiro atoms. The van der Waals surface area contributed by atoms with E-state index in [1.54, 1.807) is 45.0 Å². The van der Waals surface area contributed by atoms with Gasteiger partial charge in [-0.15, -0.1) is 5.10 Å². The largest absolute Gasteiger partial charge is 0.444 e. The van der Waals surface area contributed by atoms with Crippen LogP contribution in [0.25, 0.3) is 0 Å². The summed E-state index contributed by atoms with van der Waals surface area (Å²) in [7, 11) is -3.87. The van der Waals surface area contributed by atoms with Gasteiger partial charge >= 0.3 is 11.3 Å². The highest BCUT2D eigenvalue weighted by atomic mass is 35.5. The number of amides is 1. The van der Waals surface area contributed by atoms with Crippen molar-refractivity contribution in [3.8, 4) is 0 Å². The van der Waals surface area contributed by atoms with E-state index in [2.05, 4.69) is 15.5 Å². The SMILES string of the molecule is CC(C)CC(NC(=O)OC(C)(C)C)c1nnc(S(=O)(=O)Cc2cccc(Cl)c2)o1. The number of benzene rings is 1. The first kappa shape index (κ1) is 23.2. The van der Waals surface area contributed by atoms with Gasteiger partial charge in [-0.25, -0.2) is 13.2 Å². The second-order valence-corrected chi connectivity index (χ2v) is 10.4. The fourth-order valence-corrected chi connectivity index (χ4v) is 3.87. The molecule has 1 N–H and O–H groups in total. The Morgan fingerprint density at radius 2 is 1.97 bits per heavy atom. The molecule has 0 aliphatic rings. The molecule has 0 aliphatic heterocycles. The van der Waals surface area contributed by atoms with Gasteiger partial charge in [0.1, 0.15) is 11.6 Å². The summed E-state index contributed by atoms with van der Waals surface area (Å²) in [6.45, 7) is 9.15. The molecular weight excluding hydrogens is 418 g/mol. The van der Waals surface area contributed by atoms with Gasteiger partial charge in [0.15, 0.2) is 0 Å². The molecule has 2 rings (SSSR count). The third-order valence-electron chi connectivity index (χ3n) is 3.63. The van der Waals surface area contributed by atoms with E-state index in [4.69, 9.17) is 20.8 Å². The van der Waals surface area contributed by atoms with E-state index >= 15 is 0 Å². The van der Waals surface area contributed by atoms with Gasteiger partial charge in [0.2, 0.25) is 15.7 Å². The molecule has 0 fully saturated rings. The van der Waals surface area contributed by atoms with E-state index in [1.165, 1.54) is 0 Å². The summed E-state index contributed by atoms with van der Waals surface area (Å²) in [4.78, 5) is 12.1. The third kappa shape index (κ3) is 7.32. The smallest absolute Gasteiger partial charge is 0.408 e. The molecule has 0 bridgehead atoms. The average molecular weight is 444 g/mol. The Labute approximate surface area is 175 Å². The summed E-state index contributed by atoms with van der Waals surface area (Å²) < 4.78 is 36.0. The lowest BCUT2D eigenvalue weighted by Gasteiger charge is -2.22. The minimum absolute atomic E-state index is 0.00854.